The number of rotatable bonds is 10. The van der Waals surface area contributed by atoms with Crippen LogP contribution in [0.3, 0.4) is 0 Å². The monoisotopic (exact) mass is 590 g/mol. The van der Waals surface area contributed by atoms with Crippen molar-refractivity contribution in [2.24, 2.45) is 11.7 Å². The number of nitrogens with zero attached hydrogens (tertiary/aromatic N) is 2. The molecule has 226 valence electrons. The van der Waals surface area contributed by atoms with Gasteiger partial charge < -0.3 is 31.1 Å². The first-order chi connectivity index (χ1) is 19.7. The molecule has 1 aliphatic rings. The zero-order valence-electron chi connectivity index (χ0n) is 22.8. The minimum absolute atomic E-state index is 0.0309. The van der Waals surface area contributed by atoms with Crippen LogP contribution >= 0.6 is 0 Å². The van der Waals surface area contributed by atoms with E-state index in [2.05, 4.69) is 20.0 Å². The Bertz CT molecular complexity index is 1430. The van der Waals surface area contributed by atoms with Gasteiger partial charge in [0.05, 0.1) is 29.4 Å². The molecule has 0 spiro atoms. The van der Waals surface area contributed by atoms with Crippen LogP contribution in [-0.4, -0.2) is 66.8 Å². The van der Waals surface area contributed by atoms with Crippen LogP contribution in [-0.2, 0) is 11.2 Å². The van der Waals surface area contributed by atoms with Gasteiger partial charge in [-0.2, -0.15) is 0 Å². The summed E-state index contributed by atoms with van der Waals surface area (Å²) in [5.74, 6) is -2.43. The van der Waals surface area contributed by atoms with Crippen molar-refractivity contribution in [2.45, 2.75) is 75.2 Å². The number of carbonyl (C=O) groups excluding carboxylic acids is 2. The number of halogens is 3. The molecule has 3 aromatic rings. The van der Waals surface area contributed by atoms with Gasteiger partial charge in [-0.05, 0) is 61.8 Å². The van der Waals surface area contributed by atoms with Crippen molar-refractivity contribution in [3.8, 4) is 5.75 Å². The Labute approximate surface area is 239 Å². The Kier molecular flexibility index (Phi) is 9.04. The molecule has 0 saturated heterocycles. The first-order valence-corrected chi connectivity index (χ1v) is 13.5. The molecule has 3 unspecified atom stereocenters. The van der Waals surface area contributed by atoms with Gasteiger partial charge in [-0.1, -0.05) is 37.3 Å². The van der Waals surface area contributed by atoms with E-state index in [0.717, 1.165) is 6.07 Å². The summed E-state index contributed by atoms with van der Waals surface area (Å²) in [7, 11) is 0. The number of hydrogen-bond acceptors (Lipinski definition) is 8. The molecular formula is C29H33F3N4O6. The number of aromatic nitrogens is 2. The second-order valence-electron chi connectivity index (χ2n) is 10.9. The molecule has 0 aliphatic heterocycles. The Hall–Kier alpha value is -3.81. The highest BCUT2D eigenvalue weighted by molar-refractivity contribution is 5.94. The molecule has 1 fully saturated rings. The van der Waals surface area contributed by atoms with Crippen LogP contribution in [0.15, 0.2) is 54.7 Å². The molecule has 1 saturated carbocycles. The largest absolute Gasteiger partial charge is 0.573 e. The van der Waals surface area contributed by atoms with Crippen molar-refractivity contribution >= 4 is 22.8 Å². The first kappa shape index (κ1) is 31.1. The fourth-order valence-electron chi connectivity index (χ4n) is 5.34. The number of carbonyl (C=O) groups is 2. The summed E-state index contributed by atoms with van der Waals surface area (Å²) >= 11 is 0. The first-order valence-electron chi connectivity index (χ1n) is 13.5. The highest BCUT2D eigenvalue weighted by Crippen LogP contribution is 2.42. The van der Waals surface area contributed by atoms with E-state index >= 15 is 0 Å². The zero-order chi connectivity index (χ0) is 30.7. The molecule has 1 aliphatic carbocycles. The number of alkyl halides is 3. The number of hydrogen-bond donors (Lipinski definition) is 5. The summed E-state index contributed by atoms with van der Waals surface area (Å²) < 4.78 is 43.4. The second kappa shape index (κ2) is 12.2. The number of amides is 2. The van der Waals surface area contributed by atoms with Gasteiger partial charge in [0.25, 0.3) is 11.8 Å². The predicted octanol–water partition coefficient (Wildman–Crippen LogP) is 2.78. The lowest BCUT2D eigenvalue weighted by atomic mass is 9.67. The van der Waals surface area contributed by atoms with E-state index in [1.165, 1.54) is 24.4 Å². The van der Waals surface area contributed by atoms with Gasteiger partial charge in [0.2, 0.25) is 0 Å². The maximum Gasteiger partial charge on any atom is 0.573 e. The number of nitrogens with two attached hydrogens (primary N) is 1. The van der Waals surface area contributed by atoms with Gasteiger partial charge in [0.15, 0.2) is 5.60 Å². The minimum Gasteiger partial charge on any atom is -0.406 e. The number of primary amides is 1. The summed E-state index contributed by atoms with van der Waals surface area (Å²) in [6.07, 6.45) is -5.74. The van der Waals surface area contributed by atoms with Crippen LogP contribution < -0.4 is 15.8 Å². The van der Waals surface area contributed by atoms with Crippen molar-refractivity contribution < 1.29 is 42.8 Å². The van der Waals surface area contributed by atoms with E-state index < -0.39 is 60.1 Å². The molecule has 0 bridgehead atoms. The van der Waals surface area contributed by atoms with E-state index in [1.807, 2.05) is 6.92 Å². The van der Waals surface area contributed by atoms with Crippen LogP contribution in [0.25, 0.3) is 11.0 Å². The van der Waals surface area contributed by atoms with Crippen LogP contribution in [0.5, 0.6) is 5.75 Å². The lowest BCUT2D eigenvalue weighted by Crippen LogP contribution is -2.65. The van der Waals surface area contributed by atoms with E-state index in [9.17, 15) is 38.1 Å². The zero-order valence-corrected chi connectivity index (χ0v) is 22.8. The maximum atomic E-state index is 13.3. The van der Waals surface area contributed by atoms with E-state index in [0.29, 0.717) is 23.9 Å². The molecule has 4 rings (SSSR count). The normalized spacial score (nSPS) is 22.1. The molecule has 10 nitrogen and oxygen atoms in total. The highest BCUT2D eigenvalue weighted by Gasteiger charge is 2.56. The molecule has 3 atom stereocenters. The Morgan fingerprint density at radius 1 is 1.12 bits per heavy atom. The van der Waals surface area contributed by atoms with Crippen molar-refractivity contribution in [1.29, 1.82) is 0 Å². The molecule has 13 heteroatoms. The molecule has 6 N–H and O–H groups in total. The standard InChI is InChI=1S/C29H33F3N4O6/c1-17-10-12-27(40,13-11-17)28(41,26(33)39)15-23(37)21(14-18-6-2-5-9-24(18)42-29(30,31)32)36-25(38)22-16-34-19-7-3-4-8-20(19)35-22/h2-9,16-17,21,23,37,40-41H,10-15H2,1H3,(H2,33,39)(H,36,38). The van der Waals surface area contributed by atoms with E-state index in [-0.39, 0.29) is 30.0 Å². The number of aliphatic hydroxyl groups excluding tert-OH is 1. The van der Waals surface area contributed by atoms with Crippen LogP contribution in [0, 0.1) is 5.92 Å². The SMILES string of the molecule is CC1CCC(O)(C(O)(CC(O)C(Cc2ccccc2OC(F)(F)F)NC(=O)c2cnc3ccccc3n2)C(N)=O)CC1. The summed E-state index contributed by atoms with van der Waals surface area (Å²) in [6.45, 7) is 1.96. The van der Waals surface area contributed by atoms with E-state index in [1.54, 1.807) is 24.3 Å². The third kappa shape index (κ3) is 6.97. The topological polar surface area (TPSA) is 168 Å². The van der Waals surface area contributed by atoms with Gasteiger partial charge in [-0.3, -0.25) is 14.6 Å². The minimum atomic E-state index is -5.01. The van der Waals surface area contributed by atoms with Crippen LogP contribution in [0.1, 0.15) is 55.1 Å². The molecule has 2 amide bonds. The third-order valence-corrected chi connectivity index (χ3v) is 7.88. The fraction of sp³-hybridized carbons (Fsp3) is 0.448. The quantitative estimate of drug-likeness (QED) is 0.240. The number of nitrogens with one attached hydrogen (secondary N) is 1. The van der Waals surface area contributed by atoms with Crippen LogP contribution in [0.4, 0.5) is 13.2 Å². The smallest absolute Gasteiger partial charge is 0.406 e. The van der Waals surface area contributed by atoms with Gasteiger partial charge in [-0.15, -0.1) is 13.2 Å². The highest BCUT2D eigenvalue weighted by atomic mass is 19.4. The molecule has 0 radical (unpaired) electrons. The lowest BCUT2D eigenvalue weighted by molar-refractivity contribution is -0.274. The Morgan fingerprint density at radius 2 is 1.74 bits per heavy atom. The van der Waals surface area contributed by atoms with E-state index in [4.69, 9.17) is 5.73 Å². The fourth-order valence-corrected chi connectivity index (χ4v) is 5.34. The third-order valence-electron chi connectivity index (χ3n) is 7.88. The molecule has 1 aromatic heterocycles. The maximum absolute atomic E-state index is 13.3. The van der Waals surface area contributed by atoms with Crippen LogP contribution in [0.2, 0.25) is 0 Å². The number of aliphatic hydroxyl groups is 3. The van der Waals surface area contributed by atoms with Crippen molar-refractivity contribution in [3.05, 3.63) is 66.0 Å². The van der Waals surface area contributed by atoms with Gasteiger partial charge in [-0.25, -0.2) is 4.98 Å². The number of para-hydroxylation sites is 3. The van der Waals surface area contributed by atoms with Crippen molar-refractivity contribution in [1.82, 2.24) is 15.3 Å². The molecule has 1 heterocycles. The predicted molar refractivity (Wildman–Crippen MR) is 145 cm³/mol. The molecular weight excluding hydrogens is 557 g/mol. The summed E-state index contributed by atoms with van der Waals surface area (Å²) in [6, 6.07) is 10.5. The average Bonchev–Trinajstić information content (AvgIpc) is 2.94. The summed E-state index contributed by atoms with van der Waals surface area (Å²) in [5.41, 5.74) is 1.75. The summed E-state index contributed by atoms with van der Waals surface area (Å²) in [5, 5.41) is 36.6. The molecule has 42 heavy (non-hydrogen) atoms. The number of benzene rings is 2. The van der Waals surface area contributed by atoms with Gasteiger partial charge >= 0.3 is 6.36 Å². The Balaban J connectivity index is 1.66. The van der Waals surface area contributed by atoms with Crippen molar-refractivity contribution in [3.63, 3.8) is 0 Å². The lowest BCUT2D eigenvalue weighted by Gasteiger charge is -2.46. The molecule has 2 aromatic carbocycles. The average molecular weight is 591 g/mol. The Morgan fingerprint density at radius 3 is 2.38 bits per heavy atom. The second-order valence-corrected chi connectivity index (χ2v) is 10.9. The van der Waals surface area contributed by atoms with Gasteiger partial charge in [0, 0.05) is 6.42 Å². The van der Waals surface area contributed by atoms with Crippen molar-refractivity contribution in [2.75, 3.05) is 0 Å². The number of fused-ring (bicyclic) bond motifs is 1. The number of ether oxygens (including phenoxy) is 1. The summed E-state index contributed by atoms with van der Waals surface area (Å²) in [4.78, 5) is 34.3. The van der Waals surface area contributed by atoms with Gasteiger partial charge in [0.1, 0.15) is 17.0 Å².